The van der Waals surface area contributed by atoms with E-state index in [0.717, 1.165) is 18.7 Å². The van der Waals surface area contributed by atoms with Gasteiger partial charge in [0.05, 0.1) is 0 Å². The van der Waals surface area contributed by atoms with Crippen LogP contribution in [-0.4, -0.2) is 35.0 Å². The fourth-order valence-electron chi connectivity index (χ4n) is 1.57. The van der Waals surface area contributed by atoms with E-state index in [-0.39, 0.29) is 11.9 Å². The molecular weight excluding hydrogens is 242 g/mol. The van der Waals surface area contributed by atoms with Crippen LogP contribution >= 0.6 is 0 Å². The zero-order chi connectivity index (χ0) is 14.3. The standard InChI is InChI=1S/C13H23N5O/c1-5-7-15-12(19)10(4)17-11-8-9(3)16-13(18-11)14-6-2/h8,10H,5-7H2,1-4H3,(H,15,19)(H2,14,16,17,18). The molecule has 1 aromatic rings. The zero-order valence-corrected chi connectivity index (χ0v) is 12.1. The molecule has 1 unspecified atom stereocenters. The Labute approximate surface area is 114 Å². The lowest BCUT2D eigenvalue weighted by atomic mass is 10.3. The third-order valence-electron chi connectivity index (χ3n) is 2.50. The van der Waals surface area contributed by atoms with Crippen molar-refractivity contribution in [1.29, 1.82) is 0 Å². The number of rotatable bonds is 7. The summed E-state index contributed by atoms with van der Waals surface area (Å²) in [7, 11) is 0. The molecule has 0 saturated heterocycles. The van der Waals surface area contributed by atoms with Gasteiger partial charge in [0.25, 0.3) is 0 Å². The van der Waals surface area contributed by atoms with Crippen molar-refractivity contribution in [3.05, 3.63) is 11.8 Å². The molecule has 0 radical (unpaired) electrons. The number of anilines is 2. The molecule has 1 aromatic heterocycles. The summed E-state index contributed by atoms with van der Waals surface area (Å²) >= 11 is 0. The lowest BCUT2D eigenvalue weighted by molar-refractivity contribution is -0.121. The van der Waals surface area contributed by atoms with Gasteiger partial charge in [0, 0.05) is 24.8 Å². The van der Waals surface area contributed by atoms with Crippen LogP contribution in [0.1, 0.15) is 32.9 Å². The molecular formula is C13H23N5O. The second-order valence-electron chi connectivity index (χ2n) is 4.41. The van der Waals surface area contributed by atoms with Crippen LogP contribution in [0.5, 0.6) is 0 Å². The van der Waals surface area contributed by atoms with Crippen molar-refractivity contribution in [1.82, 2.24) is 15.3 Å². The van der Waals surface area contributed by atoms with Crippen molar-refractivity contribution in [3.8, 4) is 0 Å². The third kappa shape index (κ3) is 5.11. The first-order valence-electron chi connectivity index (χ1n) is 6.70. The number of carbonyl (C=O) groups is 1. The first-order valence-corrected chi connectivity index (χ1v) is 6.70. The molecule has 1 amide bonds. The largest absolute Gasteiger partial charge is 0.358 e. The molecule has 3 N–H and O–H groups in total. The average Bonchev–Trinajstić information content (AvgIpc) is 2.35. The predicted octanol–water partition coefficient (Wildman–Crippen LogP) is 1.54. The molecule has 0 aliphatic heterocycles. The van der Waals surface area contributed by atoms with E-state index in [9.17, 15) is 4.79 Å². The molecule has 6 heteroatoms. The molecule has 19 heavy (non-hydrogen) atoms. The minimum Gasteiger partial charge on any atom is -0.358 e. The summed E-state index contributed by atoms with van der Waals surface area (Å²) in [6.45, 7) is 9.17. The van der Waals surface area contributed by atoms with Crippen molar-refractivity contribution >= 4 is 17.7 Å². The van der Waals surface area contributed by atoms with Crippen LogP contribution < -0.4 is 16.0 Å². The maximum absolute atomic E-state index is 11.8. The van der Waals surface area contributed by atoms with Gasteiger partial charge in [-0.2, -0.15) is 4.98 Å². The average molecular weight is 265 g/mol. The van der Waals surface area contributed by atoms with Gasteiger partial charge in [-0.25, -0.2) is 4.98 Å². The topological polar surface area (TPSA) is 78.9 Å². The molecule has 6 nitrogen and oxygen atoms in total. The first kappa shape index (κ1) is 15.2. The Morgan fingerprint density at radius 3 is 2.74 bits per heavy atom. The summed E-state index contributed by atoms with van der Waals surface area (Å²) in [6.07, 6.45) is 0.926. The molecule has 0 aliphatic rings. The van der Waals surface area contributed by atoms with Crippen LogP contribution in [0.2, 0.25) is 0 Å². The minimum absolute atomic E-state index is 0.0249. The Morgan fingerprint density at radius 1 is 1.37 bits per heavy atom. The number of nitrogens with zero attached hydrogens (tertiary/aromatic N) is 2. The molecule has 0 spiro atoms. The third-order valence-corrected chi connectivity index (χ3v) is 2.50. The van der Waals surface area contributed by atoms with Crippen LogP contribution in [0.25, 0.3) is 0 Å². The number of hydrogen-bond acceptors (Lipinski definition) is 5. The Balaban J connectivity index is 2.67. The molecule has 0 bridgehead atoms. The van der Waals surface area contributed by atoms with Gasteiger partial charge in [-0.05, 0) is 27.2 Å². The summed E-state index contributed by atoms with van der Waals surface area (Å²) in [5, 5.41) is 9.00. The molecule has 106 valence electrons. The van der Waals surface area contributed by atoms with Crippen molar-refractivity contribution < 1.29 is 4.79 Å². The molecule has 1 atom stereocenters. The number of aromatic nitrogens is 2. The lowest BCUT2D eigenvalue weighted by Crippen LogP contribution is -2.38. The summed E-state index contributed by atoms with van der Waals surface area (Å²) in [4.78, 5) is 20.3. The van der Waals surface area contributed by atoms with Gasteiger partial charge in [-0.15, -0.1) is 0 Å². The van der Waals surface area contributed by atoms with E-state index in [2.05, 4.69) is 25.9 Å². The Hall–Kier alpha value is -1.85. The molecule has 0 aliphatic carbocycles. The normalized spacial score (nSPS) is 11.8. The van der Waals surface area contributed by atoms with Crippen molar-refractivity contribution in [2.24, 2.45) is 0 Å². The highest BCUT2D eigenvalue weighted by Crippen LogP contribution is 2.10. The zero-order valence-electron chi connectivity index (χ0n) is 12.1. The summed E-state index contributed by atoms with van der Waals surface area (Å²) in [5.41, 5.74) is 0.856. The highest BCUT2D eigenvalue weighted by Gasteiger charge is 2.13. The SMILES string of the molecule is CCCNC(=O)C(C)Nc1cc(C)nc(NCC)n1. The summed E-state index contributed by atoms with van der Waals surface area (Å²) < 4.78 is 0. The molecule has 0 aromatic carbocycles. The van der Waals surface area contributed by atoms with Crippen molar-refractivity contribution in [3.63, 3.8) is 0 Å². The minimum atomic E-state index is -0.324. The van der Waals surface area contributed by atoms with E-state index in [1.165, 1.54) is 0 Å². The van der Waals surface area contributed by atoms with Crippen LogP contribution in [0.4, 0.5) is 11.8 Å². The van der Waals surface area contributed by atoms with Crippen LogP contribution in [-0.2, 0) is 4.79 Å². The van der Waals surface area contributed by atoms with Crippen LogP contribution in [0, 0.1) is 6.92 Å². The van der Waals surface area contributed by atoms with Gasteiger partial charge < -0.3 is 16.0 Å². The summed E-state index contributed by atoms with van der Waals surface area (Å²) in [5.74, 6) is 1.21. The number of aryl methyl sites for hydroxylation is 1. The quantitative estimate of drug-likeness (QED) is 0.697. The van der Waals surface area contributed by atoms with Crippen LogP contribution in [0.3, 0.4) is 0 Å². The Morgan fingerprint density at radius 2 is 2.11 bits per heavy atom. The first-order chi connectivity index (χ1) is 9.06. The highest BCUT2D eigenvalue weighted by atomic mass is 16.2. The second-order valence-corrected chi connectivity index (χ2v) is 4.41. The maximum atomic E-state index is 11.8. The second kappa shape index (κ2) is 7.56. The number of nitrogens with one attached hydrogen (secondary N) is 3. The molecule has 0 fully saturated rings. The lowest BCUT2D eigenvalue weighted by Gasteiger charge is -2.15. The van der Waals surface area contributed by atoms with Gasteiger partial charge in [-0.1, -0.05) is 6.92 Å². The van der Waals surface area contributed by atoms with E-state index >= 15 is 0 Å². The molecule has 1 heterocycles. The van der Waals surface area contributed by atoms with Gasteiger partial charge in [0.2, 0.25) is 11.9 Å². The van der Waals surface area contributed by atoms with Gasteiger partial charge >= 0.3 is 0 Å². The smallest absolute Gasteiger partial charge is 0.242 e. The Kier molecular flexibility index (Phi) is 6.05. The van der Waals surface area contributed by atoms with E-state index in [0.29, 0.717) is 18.3 Å². The summed E-state index contributed by atoms with van der Waals surface area (Å²) in [6, 6.07) is 1.50. The highest BCUT2D eigenvalue weighted by molar-refractivity contribution is 5.83. The number of amides is 1. The number of carbonyl (C=O) groups excluding carboxylic acids is 1. The molecule has 0 saturated carbocycles. The van der Waals surface area contributed by atoms with E-state index in [1.54, 1.807) is 0 Å². The molecule has 1 rings (SSSR count). The fourth-order valence-corrected chi connectivity index (χ4v) is 1.57. The predicted molar refractivity (Wildman–Crippen MR) is 77.3 cm³/mol. The van der Waals surface area contributed by atoms with E-state index in [1.807, 2.05) is 33.8 Å². The van der Waals surface area contributed by atoms with Gasteiger partial charge in [-0.3, -0.25) is 4.79 Å². The Bertz CT molecular complexity index is 421. The maximum Gasteiger partial charge on any atom is 0.242 e. The van der Waals surface area contributed by atoms with E-state index < -0.39 is 0 Å². The van der Waals surface area contributed by atoms with Crippen molar-refractivity contribution in [2.75, 3.05) is 23.7 Å². The van der Waals surface area contributed by atoms with Crippen LogP contribution in [0.15, 0.2) is 6.07 Å². The monoisotopic (exact) mass is 265 g/mol. The number of hydrogen-bond donors (Lipinski definition) is 3. The van der Waals surface area contributed by atoms with Gasteiger partial charge in [0.1, 0.15) is 11.9 Å². The fraction of sp³-hybridized carbons (Fsp3) is 0.615. The van der Waals surface area contributed by atoms with Crippen molar-refractivity contribution in [2.45, 2.75) is 40.2 Å². The van der Waals surface area contributed by atoms with E-state index in [4.69, 9.17) is 0 Å². The van der Waals surface area contributed by atoms with Gasteiger partial charge in [0.15, 0.2) is 0 Å².